The Morgan fingerprint density at radius 1 is 1.07 bits per heavy atom. The molecule has 6 heteroatoms. The number of hydrogen-bond acceptors (Lipinski definition) is 2. The van der Waals surface area contributed by atoms with Gasteiger partial charge in [-0.15, -0.1) is 0 Å². The Balaban J connectivity index is 3.26. The lowest BCUT2D eigenvalue weighted by molar-refractivity contribution is -0.131. The molecule has 0 spiro atoms. The van der Waals surface area contributed by atoms with Gasteiger partial charge in [0, 0.05) is 19.0 Å². The summed E-state index contributed by atoms with van der Waals surface area (Å²) in [5.41, 5.74) is 0.124. The summed E-state index contributed by atoms with van der Waals surface area (Å²) in [6, 6.07) is 2.90. The second-order valence-electron chi connectivity index (χ2n) is 2.39. The minimum atomic E-state index is -1.47. The Labute approximate surface area is 105 Å². The molecule has 1 aromatic carbocycles. The van der Waals surface area contributed by atoms with Crippen LogP contribution in [-0.2, 0) is 4.79 Å². The zero-order valence-corrected chi connectivity index (χ0v) is 11.3. The molecule has 3 nitrogen and oxygen atoms in total. The van der Waals surface area contributed by atoms with E-state index in [0.29, 0.717) is 8.95 Å². The molecule has 0 aliphatic heterocycles. The summed E-state index contributed by atoms with van der Waals surface area (Å²) in [7, 11) is 0. The molecule has 0 saturated heterocycles. The van der Waals surface area contributed by atoms with Crippen LogP contribution in [0.4, 0.5) is 0 Å². The zero-order valence-electron chi connectivity index (χ0n) is 6.55. The number of hydrogen-bond donors (Lipinski definition) is 1. The summed E-state index contributed by atoms with van der Waals surface area (Å²) in [6.45, 7) is 0. The minimum absolute atomic E-state index is 0.124. The molecule has 0 amide bonds. The Morgan fingerprint density at radius 3 is 1.86 bits per heavy atom. The fourth-order valence-electron chi connectivity index (χ4n) is 0.810. The summed E-state index contributed by atoms with van der Waals surface area (Å²) in [4.78, 5) is 21.5. The van der Waals surface area contributed by atoms with Crippen molar-refractivity contribution in [1.82, 2.24) is 0 Å². The van der Waals surface area contributed by atoms with E-state index in [9.17, 15) is 9.59 Å². The molecule has 0 heterocycles. The van der Waals surface area contributed by atoms with Gasteiger partial charge in [-0.3, -0.25) is 4.79 Å². The van der Waals surface area contributed by atoms with Crippen molar-refractivity contribution in [1.29, 1.82) is 0 Å². The lowest BCUT2D eigenvalue weighted by Gasteiger charge is -2.02. The molecule has 1 aromatic rings. The maximum atomic E-state index is 11.1. The molecular weight excluding hydrogens is 384 g/mol. The number of Topliss-reactive ketones (excluding diaryl/α,β-unsaturated/α-hetero) is 1. The molecule has 0 aliphatic rings. The highest BCUT2D eigenvalue weighted by atomic mass is 79.9. The van der Waals surface area contributed by atoms with Gasteiger partial charge in [-0.2, -0.15) is 0 Å². The summed E-state index contributed by atoms with van der Waals surface area (Å²) < 4.78 is 1.98. The maximum Gasteiger partial charge on any atom is 0.377 e. The molecule has 14 heavy (non-hydrogen) atoms. The average Bonchev–Trinajstić information content (AvgIpc) is 2.12. The highest BCUT2D eigenvalue weighted by molar-refractivity contribution is 9.14. The Bertz CT molecular complexity index is 391. The molecule has 1 N–H and O–H groups in total. The van der Waals surface area contributed by atoms with Gasteiger partial charge in [0.1, 0.15) is 0 Å². The second kappa shape index (κ2) is 4.55. The molecule has 0 unspecified atom stereocenters. The second-order valence-corrected chi connectivity index (χ2v) is 4.89. The van der Waals surface area contributed by atoms with Crippen LogP contribution in [0, 0.1) is 0 Å². The molecule has 0 atom stereocenters. The van der Waals surface area contributed by atoms with Gasteiger partial charge in [-0.05, 0) is 59.9 Å². The molecule has 0 aromatic heterocycles. The smallest absolute Gasteiger partial charge is 0.377 e. The molecule has 0 radical (unpaired) electrons. The summed E-state index contributed by atoms with van der Waals surface area (Å²) in [5, 5.41) is 8.49. The third-order valence-electron chi connectivity index (χ3n) is 1.44. The molecule has 0 saturated carbocycles. The van der Waals surface area contributed by atoms with Gasteiger partial charge in [0.15, 0.2) is 0 Å². The van der Waals surface area contributed by atoms with E-state index in [4.69, 9.17) is 5.11 Å². The topological polar surface area (TPSA) is 54.4 Å². The zero-order chi connectivity index (χ0) is 10.9. The molecule has 0 bridgehead atoms. The number of benzene rings is 1. The number of rotatable bonds is 2. The van der Waals surface area contributed by atoms with Gasteiger partial charge in [-0.25, -0.2) is 4.79 Å². The summed E-state index contributed by atoms with van der Waals surface area (Å²) in [5.74, 6) is -2.40. The standard InChI is InChI=1S/C8H3Br3O3/c9-4-1-3(7(12)8(13)14)2-5(10)6(4)11/h1-2H,(H,13,14). The molecular formula is C8H3Br3O3. The van der Waals surface area contributed by atoms with E-state index in [1.165, 1.54) is 12.1 Å². The third kappa shape index (κ3) is 2.43. The van der Waals surface area contributed by atoms with E-state index in [1.54, 1.807) is 0 Å². The molecule has 0 fully saturated rings. The number of carboxylic acids is 1. The predicted octanol–water partition coefficient (Wildman–Crippen LogP) is 3.24. The predicted molar refractivity (Wildman–Crippen MR) is 61.5 cm³/mol. The van der Waals surface area contributed by atoms with Gasteiger partial charge in [0.2, 0.25) is 0 Å². The fraction of sp³-hybridized carbons (Fsp3) is 0. The van der Waals surface area contributed by atoms with E-state index in [0.717, 1.165) is 4.47 Å². The molecule has 74 valence electrons. The van der Waals surface area contributed by atoms with Crippen LogP contribution in [0.3, 0.4) is 0 Å². The van der Waals surface area contributed by atoms with Gasteiger partial charge in [0.25, 0.3) is 5.78 Å². The van der Waals surface area contributed by atoms with E-state index < -0.39 is 11.8 Å². The van der Waals surface area contributed by atoms with Crippen LogP contribution in [-0.4, -0.2) is 16.9 Å². The first-order valence-corrected chi connectivity index (χ1v) is 5.73. The van der Waals surface area contributed by atoms with Crippen molar-refractivity contribution < 1.29 is 14.7 Å². The number of aliphatic carboxylic acids is 1. The van der Waals surface area contributed by atoms with Crippen LogP contribution >= 0.6 is 47.8 Å². The monoisotopic (exact) mass is 384 g/mol. The van der Waals surface area contributed by atoms with Gasteiger partial charge in [0.05, 0.1) is 0 Å². The fourth-order valence-corrected chi connectivity index (χ4v) is 2.23. The minimum Gasteiger partial charge on any atom is -0.475 e. The first-order chi connectivity index (χ1) is 6.43. The van der Waals surface area contributed by atoms with E-state index >= 15 is 0 Å². The van der Waals surface area contributed by atoms with Gasteiger partial charge in [-0.1, -0.05) is 0 Å². The Morgan fingerprint density at radius 2 is 1.50 bits per heavy atom. The van der Waals surface area contributed by atoms with Crippen molar-refractivity contribution in [2.75, 3.05) is 0 Å². The average molecular weight is 387 g/mol. The van der Waals surface area contributed by atoms with Crippen LogP contribution in [0.1, 0.15) is 10.4 Å². The maximum absolute atomic E-state index is 11.1. The first-order valence-electron chi connectivity index (χ1n) is 3.35. The number of halogens is 3. The largest absolute Gasteiger partial charge is 0.475 e. The number of ketones is 1. The van der Waals surface area contributed by atoms with Crippen molar-refractivity contribution in [2.24, 2.45) is 0 Å². The van der Waals surface area contributed by atoms with Crippen LogP contribution in [0.5, 0.6) is 0 Å². The van der Waals surface area contributed by atoms with E-state index in [-0.39, 0.29) is 5.56 Å². The lowest BCUT2D eigenvalue weighted by Crippen LogP contribution is -2.12. The van der Waals surface area contributed by atoms with Crippen molar-refractivity contribution in [3.63, 3.8) is 0 Å². The number of carbonyl (C=O) groups is 2. The van der Waals surface area contributed by atoms with Crippen molar-refractivity contribution in [2.45, 2.75) is 0 Å². The van der Waals surface area contributed by atoms with Crippen LogP contribution in [0.25, 0.3) is 0 Å². The quantitative estimate of drug-likeness (QED) is 0.482. The SMILES string of the molecule is O=C(O)C(=O)c1cc(Br)c(Br)c(Br)c1. The van der Waals surface area contributed by atoms with Gasteiger partial charge >= 0.3 is 5.97 Å². The van der Waals surface area contributed by atoms with E-state index in [2.05, 4.69) is 47.8 Å². The molecule has 1 rings (SSSR count). The Hall–Kier alpha value is -0.200. The highest BCUT2D eigenvalue weighted by Gasteiger charge is 2.16. The highest BCUT2D eigenvalue weighted by Crippen LogP contribution is 2.32. The normalized spacial score (nSPS) is 9.93. The van der Waals surface area contributed by atoms with Gasteiger partial charge < -0.3 is 5.11 Å². The van der Waals surface area contributed by atoms with Crippen molar-refractivity contribution in [3.8, 4) is 0 Å². The lowest BCUT2D eigenvalue weighted by atomic mass is 10.1. The van der Waals surface area contributed by atoms with Crippen molar-refractivity contribution >= 4 is 59.5 Å². The van der Waals surface area contributed by atoms with Crippen LogP contribution in [0.15, 0.2) is 25.6 Å². The van der Waals surface area contributed by atoms with Crippen molar-refractivity contribution in [3.05, 3.63) is 31.1 Å². The third-order valence-corrected chi connectivity index (χ3v) is 4.61. The first kappa shape index (κ1) is 11.9. The van der Waals surface area contributed by atoms with Crippen LogP contribution < -0.4 is 0 Å². The number of carbonyl (C=O) groups excluding carboxylic acids is 1. The number of carboxylic acid groups (broad SMARTS) is 1. The summed E-state index contributed by atoms with van der Waals surface area (Å²) >= 11 is 9.63. The summed E-state index contributed by atoms with van der Waals surface area (Å²) in [6.07, 6.45) is 0. The Kier molecular flexibility index (Phi) is 3.86. The molecule has 0 aliphatic carbocycles. The van der Waals surface area contributed by atoms with Crippen LogP contribution in [0.2, 0.25) is 0 Å². The van der Waals surface area contributed by atoms with E-state index in [1.807, 2.05) is 0 Å².